The molecule has 1 aromatic rings. The molecule has 1 aromatic carbocycles. The molecule has 0 bridgehead atoms. The largest absolute Gasteiger partial charge is 0.492 e. The molecule has 1 atom stereocenters. The van der Waals surface area contributed by atoms with E-state index in [1.165, 1.54) is 25.9 Å². The van der Waals surface area contributed by atoms with Crippen molar-refractivity contribution in [2.45, 2.75) is 26.7 Å². The fraction of sp³-hybridized carbons (Fsp3) is 0.632. The lowest BCUT2D eigenvalue weighted by Crippen LogP contribution is -2.41. The molecule has 0 aliphatic carbocycles. The minimum Gasteiger partial charge on any atom is -0.492 e. The number of likely N-dealkylation sites (tertiary alicyclic amines) is 1. The zero-order valence-corrected chi connectivity index (χ0v) is 15.1. The Bertz CT molecular complexity index is 478. The van der Waals surface area contributed by atoms with Gasteiger partial charge in [0.25, 0.3) is 0 Å². The van der Waals surface area contributed by atoms with Gasteiger partial charge in [0, 0.05) is 19.6 Å². The van der Waals surface area contributed by atoms with Crippen molar-refractivity contribution in [3.63, 3.8) is 0 Å². The standard InChI is InChI=1S/C19H32N4O/c1-3-20-19(21-12-14-24-18-10-6-5-7-11-18)22-15-17-9-8-13-23(4-2)16-17/h5-7,10-11,17H,3-4,8-9,12-16H2,1-2H3,(H2,20,21,22). The summed E-state index contributed by atoms with van der Waals surface area (Å²) < 4.78 is 5.71. The van der Waals surface area contributed by atoms with Gasteiger partial charge in [-0.2, -0.15) is 0 Å². The molecular weight excluding hydrogens is 300 g/mol. The summed E-state index contributed by atoms with van der Waals surface area (Å²) in [5, 5.41) is 6.67. The maximum atomic E-state index is 5.71. The normalized spacial score (nSPS) is 19.1. The summed E-state index contributed by atoms with van der Waals surface area (Å²) in [5.41, 5.74) is 0. The van der Waals surface area contributed by atoms with Crippen LogP contribution in [-0.2, 0) is 0 Å². The second kappa shape index (κ2) is 10.9. The maximum Gasteiger partial charge on any atom is 0.191 e. The molecule has 5 nitrogen and oxygen atoms in total. The zero-order valence-electron chi connectivity index (χ0n) is 15.1. The van der Waals surface area contributed by atoms with Gasteiger partial charge in [-0.05, 0) is 50.9 Å². The first-order valence-electron chi connectivity index (χ1n) is 9.24. The lowest BCUT2D eigenvalue weighted by atomic mass is 9.98. The molecule has 2 N–H and O–H groups in total. The van der Waals surface area contributed by atoms with E-state index in [1.54, 1.807) is 0 Å². The van der Waals surface area contributed by atoms with Crippen molar-refractivity contribution in [1.82, 2.24) is 15.5 Å². The average molecular weight is 332 g/mol. The van der Waals surface area contributed by atoms with E-state index >= 15 is 0 Å². The van der Waals surface area contributed by atoms with E-state index in [1.807, 2.05) is 30.3 Å². The van der Waals surface area contributed by atoms with Crippen LogP contribution in [0.15, 0.2) is 35.3 Å². The van der Waals surface area contributed by atoms with Crippen LogP contribution in [0.2, 0.25) is 0 Å². The Hall–Kier alpha value is -1.75. The Balaban J connectivity index is 1.71. The molecule has 0 aromatic heterocycles. The number of nitrogens with zero attached hydrogens (tertiary/aromatic N) is 2. The molecule has 134 valence electrons. The van der Waals surface area contributed by atoms with Gasteiger partial charge in [-0.15, -0.1) is 0 Å². The van der Waals surface area contributed by atoms with Gasteiger partial charge in [-0.1, -0.05) is 25.1 Å². The van der Waals surface area contributed by atoms with E-state index in [-0.39, 0.29) is 0 Å². The maximum absolute atomic E-state index is 5.71. The molecule has 1 saturated heterocycles. The number of rotatable bonds is 8. The molecule has 1 unspecified atom stereocenters. The van der Waals surface area contributed by atoms with E-state index in [9.17, 15) is 0 Å². The number of nitrogens with one attached hydrogen (secondary N) is 2. The van der Waals surface area contributed by atoms with Crippen LogP contribution in [-0.4, -0.2) is 56.7 Å². The van der Waals surface area contributed by atoms with Crippen LogP contribution in [0.25, 0.3) is 0 Å². The molecule has 1 heterocycles. The second-order valence-corrected chi connectivity index (χ2v) is 6.21. The van der Waals surface area contributed by atoms with E-state index in [0.717, 1.165) is 37.9 Å². The highest BCUT2D eigenvalue weighted by atomic mass is 16.5. The molecule has 0 spiro atoms. The quantitative estimate of drug-likeness (QED) is 0.436. The van der Waals surface area contributed by atoms with Crippen molar-refractivity contribution in [3.8, 4) is 5.75 Å². The highest BCUT2D eigenvalue weighted by Crippen LogP contribution is 2.16. The molecule has 2 rings (SSSR count). The van der Waals surface area contributed by atoms with Crippen LogP contribution in [0.3, 0.4) is 0 Å². The number of aliphatic imine (C=N–C) groups is 1. The van der Waals surface area contributed by atoms with Gasteiger partial charge in [0.15, 0.2) is 5.96 Å². The number of benzene rings is 1. The molecule has 1 aliphatic heterocycles. The Labute approximate surface area is 146 Å². The van der Waals surface area contributed by atoms with E-state index in [2.05, 4.69) is 29.4 Å². The molecule has 5 heteroatoms. The topological polar surface area (TPSA) is 48.9 Å². The summed E-state index contributed by atoms with van der Waals surface area (Å²) in [6, 6.07) is 9.91. The summed E-state index contributed by atoms with van der Waals surface area (Å²) in [7, 11) is 0. The number of hydrogen-bond acceptors (Lipinski definition) is 3. The summed E-state index contributed by atoms with van der Waals surface area (Å²) in [6.07, 6.45) is 2.58. The Morgan fingerprint density at radius 3 is 2.83 bits per heavy atom. The van der Waals surface area contributed by atoms with Gasteiger partial charge in [0.05, 0.1) is 6.54 Å². The summed E-state index contributed by atoms with van der Waals surface area (Å²) in [6.45, 7) is 11.0. The van der Waals surface area contributed by atoms with E-state index in [0.29, 0.717) is 12.5 Å². The fourth-order valence-corrected chi connectivity index (χ4v) is 3.00. The van der Waals surface area contributed by atoms with Crippen molar-refractivity contribution >= 4 is 5.96 Å². The zero-order chi connectivity index (χ0) is 17.0. The summed E-state index contributed by atoms with van der Waals surface area (Å²) in [5.74, 6) is 2.47. The van der Waals surface area contributed by atoms with Crippen molar-refractivity contribution in [1.29, 1.82) is 0 Å². The van der Waals surface area contributed by atoms with Crippen LogP contribution in [0.4, 0.5) is 0 Å². The summed E-state index contributed by atoms with van der Waals surface area (Å²) in [4.78, 5) is 7.29. The first kappa shape index (κ1) is 18.6. The first-order chi connectivity index (χ1) is 11.8. The SMILES string of the molecule is CCNC(=NCC1CCCN(CC)C1)NCCOc1ccccc1. The lowest BCUT2D eigenvalue weighted by Gasteiger charge is -2.31. The number of hydrogen-bond donors (Lipinski definition) is 2. The highest BCUT2D eigenvalue weighted by molar-refractivity contribution is 5.79. The molecule has 24 heavy (non-hydrogen) atoms. The number of guanidine groups is 1. The molecular formula is C19H32N4O. The van der Waals surface area contributed by atoms with Crippen LogP contribution in [0.1, 0.15) is 26.7 Å². The van der Waals surface area contributed by atoms with Crippen LogP contribution < -0.4 is 15.4 Å². The molecule has 0 saturated carbocycles. The predicted octanol–water partition coefficient (Wildman–Crippen LogP) is 2.35. The van der Waals surface area contributed by atoms with Gasteiger partial charge < -0.3 is 20.3 Å². The highest BCUT2D eigenvalue weighted by Gasteiger charge is 2.18. The fourth-order valence-electron chi connectivity index (χ4n) is 3.00. The molecule has 0 amide bonds. The van der Waals surface area contributed by atoms with Crippen molar-refractivity contribution < 1.29 is 4.74 Å². The third-order valence-corrected chi connectivity index (χ3v) is 4.31. The second-order valence-electron chi connectivity index (χ2n) is 6.21. The van der Waals surface area contributed by atoms with E-state index in [4.69, 9.17) is 9.73 Å². The smallest absolute Gasteiger partial charge is 0.191 e. The van der Waals surface area contributed by atoms with Crippen molar-refractivity contribution in [3.05, 3.63) is 30.3 Å². The summed E-state index contributed by atoms with van der Waals surface area (Å²) >= 11 is 0. The third-order valence-electron chi connectivity index (χ3n) is 4.31. The number of para-hydroxylation sites is 1. The third kappa shape index (κ3) is 6.79. The van der Waals surface area contributed by atoms with Gasteiger partial charge in [0.2, 0.25) is 0 Å². The predicted molar refractivity (Wildman–Crippen MR) is 101 cm³/mol. The minimum atomic E-state index is 0.626. The van der Waals surface area contributed by atoms with Crippen LogP contribution in [0, 0.1) is 5.92 Å². The monoisotopic (exact) mass is 332 g/mol. The Morgan fingerprint density at radius 1 is 1.25 bits per heavy atom. The number of piperidine rings is 1. The van der Waals surface area contributed by atoms with Gasteiger partial charge >= 0.3 is 0 Å². The van der Waals surface area contributed by atoms with Crippen LogP contribution >= 0.6 is 0 Å². The van der Waals surface area contributed by atoms with Gasteiger partial charge in [0.1, 0.15) is 12.4 Å². The van der Waals surface area contributed by atoms with Crippen molar-refractivity contribution in [2.24, 2.45) is 10.9 Å². The minimum absolute atomic E-state index is 0.626. The molecule has 0 radical (unpaired) electrons. The van der Waals surface area contributed by atoms with Gasteiger partial charge in [-0.3, -0.25) is 4.99 Å². The Kier molecular flexibility index (Phi) is 8.46. The van der Waals surface area contributed by atoms with Crippen LogP contribution in [0.5, 0.6) is 5.75 Å². The van der Waals surface area contributed by atoms with E-state index < -0.39 is 0 Å². The average Bonchev–Trinajstić information content (AvgIpc) is 2.64. The number of ether oxygens (including phenoxy) is 1. The van der Waals surface area contributed by atoms with Crippen molar-refractivity contribution in [2.75, 3.05) is 45.9 Å². The Morgan fingerprint density at radius 2 is 2.08 bits per heavy atom. The molecule has 1 aliphatic rings. The first-order valence-corrected chi connectivity index (χ1v) is 9.24. The molecule has 1 fully saturated rings. The lowest BCUT2D eigenvalue weighted by molar-refractivity contribution is 0.186. The van der Waals surface area contributed by atoms with Gasteiger partial charge in [-0.25, -0.2) is 0 Å².